The average Bonchev–Trinajstić information content (AvgIpc) is 3.65. The highest BCUT2D eigenvalue weighted by Crippen LogP contribution is 2.33. The van der Waals surface area contributed by atoms with Gasteiger partial charge in [-0.1, -0.05) is 24.3 Å². The van der Waals surface area contributed by atoms with E-state index in [9.17, 15) is 20.1 Å². The van der Waals surface area contributed by atoms with Crippen LogP contribution in [0.3, 0.4) is 0 Å². The van der Waals surface area contributed by atoms with E-state index in [1.165, 1.54) is 0 Å². The van der Waals surface area contributed by atoms with Crippen LogP contribution in [0.15, 0.2) is 84.9 Å². The standard InChI is InChI=1S/C18H15N3O2.C17H13N3O2/c1-21-16(18(20)22)9-13-7-11(10-19)8-15(17(13)21)12-3-5-14(23-2)6-4-12;1-22-13-4-2-11(3-5-13)14-7-10(9-18)6-12-8-15(17(19)21)20-16(12)14/h3-9H,1-2H3,(H2,20,22);2-8,20H,1H3,(H2,19,21). The summed E-state index contributed by atoms with van der Waals surface area (Å²) in [6.07, 6.45) is 0. The number of hydrogen-bond acceptors (Lipinski definition) is 6. The number of carbonyl (C=O) groups is 2. The number of amides is 2. The van der Waals surface area contributed by atoms with Gasteiger partial charge in [-0.15, -0.1) is 0 Å². The molecule has 2 amide bonds. The molecule has 0 fully saturated rings. The molecule has 10 nitrogen and oxygen atoms in total. The smallest absolute Gasteiger partial charge is 0.265 e. The van der Waals surface area contributed by atoms with Gasteiger partial charge in [-0.25, -0.2) is 0 Å². The van der Waals surface area contributed by atoms with Crippen molar-refractivity contribution >= 4 is 33.6 Å². The molecule has 2 heterocycles. The minimum Gasteiger partial charge on any atom is -0.497 e. The van der Waals surface area contributed by atoms with Crippen molar-refractivity contribution in [1.29, 1.82) is 10.5 Å². The van der Waals surface area contributed by atoms with Crippen molar-refractivity contribution < 1.29 is 19.1 Å². The second-order valence-electron chi connectivity index (χ2n) is 10.1. The van der Waals surface area contributed by atoms with Crippen LogP contribution in [0.25, 0.3) is 44.1 Å². The van der Waals surface area contributed by atoms with Gasteiger partial charge in [0.2, 0.25) is 0 Å². The van der Waals surface area contributed by atoms with Gasteiger partial charge >= 0.3 is 0 Å². The number of aryl methyl sites for hydroxylation is 1. The molecule has 0 spiro atoms. The fourth-order valence-corrected chi connectivity index (χ4v) is 5.24. The second-order valence-corrected chi connectivity index (χ2v) is 10.1. The number of nitrogens with one attached hydrogen (secondary N) is 1. The third-order valence-electron chi connectivity index (χ3n) is 7.43. The number of methoxy groups -OCH3 is 2. The van der Waals surface area contributed by atoms with Crippen molar-refractivity contribution in [3.63, 3.8) is 0 Å². The van der Waals surface area contributed by atoms with Crippen LogP contribution >= 0.6 is 0 Å². The topological polar surface area (TPSA) is 173 Å². The first kappa shape index (κ1) is 30.0. The first-order valence-corrected chi connectivity index (χ1v) is 13.7. The zero-order chi connectivity index (χ0) is 32.2. The molecule has 0 saturated heterocycles. The van der Waals surface area contributed by atoms with E-state index in [1.54, 1.807) is 56.2 Å². The van der Waals surface area contributed by atoms with E-state index in [1.807, 2.05) is 54.6 Å². The lowest BCUT2D eigenvalue weighted by atomic mass is 10.00. The molecule has 222 valence electrons. The van der Waals surface area contributed by atoms with Gasteiger partial charge in [0.05, 0.1) is 48.5 Å². The van der Waals surface area contributed by atoms with Gasteiger partial charge < -0.3 is 30.5 Å². The molecule has 0 aliphatic rings. The highest BCUT2D eigenvalue weighted by molar-refractivity contribution is 6.04. The van der Waals surface area contributed by atoms with Crippen molar-refractivity contribution in [2.24, 2.45) is 18.5 Å². The molecule has 0 aliphatic heterocycles. The van der Waals surface area contributed by atoms with Crippen LogP contribution in [-0.2, 0) is 7.05 Å². The zero-order valence-corrected chi connectivity index (χ0v) is 24.7. The van der Waals surface area contributed by atoms with E-state index in [0.717, 1.165) is 55.6 Å². The molecule has 6 aromatic rings. The van der Waals surface area contributed by atoms with Gasteiger partial charge in [0, 0.05) is 28.9 Å². The molecule has 2 aromatic heterocycles. The highest BCUT2D eigenvalue weighted by Gasteiger charge is 2.16. The normalized spacial score (nSPS) is 10.4. The molecular weight excluding hydrogens is 568 g/mol. The van der Waals surface area contributed by atoms with E-state index in [-0.39, 0.29) is 0 Å². The van der Waals surface area contributed by atoms with Gasteiger partial charge in [-0.05, 0) is 71.8 Å². The first-order valence-electron chi connectivity index (χ1n) is 13.7. The largest absolute Gasteiger partial charge is 0.497 e. The zero-order valence-electron chi connectivity index (χ0n) is 24.7. The number of rotatable bonds is 6. The third-order valence-corrected chi connectivity index (χ3v) is 7.43. The predicted molar refractivity (Wildman–Crippen MR) is 172 cm³/mol. The fraction of sp³-hybridized carbons (Fsp3) is 0.0857. The van der Waals surface area contributed by atoms with Crippen LogP contribution in [-0.4, -0.2) is 35.6 Å². The van der Waals surface area contributed by atoms with Gasteiger partial charge in [-0.3, -0.25) is 9.59 Å². The second kappa shape index (κ2) is 12.4. The molecule has 0 saturated carbocycles. The van der Waals surface area contributed by atoms with Crippen molar-refractivity contribution in [1.82, 2.24) is 9.55 Å². The molecule has 0 aliphatic carbocycles. The SMILES string of the molecule is COc1ccc(-c2cc(C#N)cc3cc(C(N)=O)[nH]c23)cc1.COc1ccc(-c2cc(C#N)cc3cc(C(N)=O)n(C)c23)cc1. The Morgan fingerprint density at radius 2 is 1.22 bits per heavy atom. The Balaban J connectivity index is 0.000000178. The van der Waals surface area contributed by atoms with Crippen LogP contribution in [0.2, 0.25) is 0 Å². The Labute approximate surface area is 258 Å². The van der Waals surface area contributed by atoms with E-state index < -0.39 is 11.8 Å². The number of aromatic amines is 1. The number of hydrogen-bond donors (Lipinski definition) is 3. The predicted octanol–water partition coefficient (Wildman–Crippen LogP) is 5.64. The summed E-state index contributed by atoms with van der Waals surface area (Å²) >= 11 is 0. The molecule has 0 unspecified atom stereocenters. The summed E-state index contributed by atoms with van der Waals surface area (Å²) in [4.78, 5) is 26.0. The molecule has 4 aromatic carbocycles. The van der Waals surface area contributed by atoms with E-state index >= 15 is 0 Å². The number of nitrogens with two attached hydrogens (primary N) is 2. The monoisotopic (exact) mass is 596 g/mol. The lowest BCUT2D eigenvalue weighted by Crippen LogP contribution is -2.14. The highest BCUT2D eigenvalue weighted by atomic mass is 16.5. The van der Waals surface area contributed by atoms with E-state index in [4.69, 9.17) is 20.9 Å². The number of aromatic nitrogens is 2. The maximum atomic E-state index is 11.6. The first-order chi connectivity index (χ1) is 21.7. The molecule has 0 atom stereocenters. The van der Waals surface area contributed by atoms with Crippen LogP contribution in [0.1, 0.15) is 32.1 Å². The summed E-state index contributed by atoms with van der Waals surface area (Å²) in [5, 5.41) is 20.0. The third kappa shape index (κ3) is 5.89. The van der Waals surface area contributed by atoms with Crippen molar-refractivity contribution in [3.8, 4) is 45.9 Å². The average molecular weight is 597 g/mol. The van der Waals surface area contributed by atoms with E-state index in [2.05, 4.69) is 17.1 Å². The summed E-state index contributed by atoms with van der Waals surface area (Å²) in [5.41, 5.74) is 17.7. The van der Waals surface area contributed by atoms with Crippen LogP contribution in [0.5, 0.6) is 11.5 Å². The van der Waals surface area contributed by atoms with Crippen molar-refractivity contribution in [2.75, 3.05) is 14.2 Å². The minimum atomic E-state index is -0.532. The van der Waals surface area contributed by atoms with Gasteiger partial charge in [0.15, 0.2) is 0 Å². The summed E-state index contributed by atoms with van der Waals surface area (Å²) in [7, 11) is 5.01. The lowest BCUT2D eigenvalue weighted by Gasteiger charge is -2.09. The van der Waals surface area contributed by atoms with Crippen LogP contribution in [0, 0.1) is 22.7 Å². The number of primary amides is 2. The number of H-pyrrole nitrogens is 1. The number of ether oxygens (including phenoxy) is 2. The summed E-state index contributed by atoms with van der Waals surface area (Å²) < 4.78 is 12.1. The Morgan fingerprint density at radius 3 is 1.71 bits per heavy atom. The van der Waals surface area contributed by atoms with Crippen molar-refractivity contribution in [2.45, 2.75) is 0 Å². The van der Waals surface area contributed by atoms with Crippen LogP contribution in [0.4, 0.5) is 0 Å². The number of nitriles is 2. The summed E-state index contributed by atoms with van der Waals surface area (Å²) in [6, 6.07) is 29.8. The molecule has 6 rings (SSSR count). The quantitative estimate of drug-likeness (QED) is 0.224. The van der Waals surface area contributed by atoms with Gasteiger partial charge in [-0.2, -0.15) is 10.5 Å². The van der Waals surface area contributed by atoms with Gasteiger partial charge in [0.25, 0.3) is 11.8 Å². The molecular formula is C35H28N6O4. The Morgan fingerprint density at radius 1 is 0.711 bits per heavy atom. The Bertz CT molecular complexity index is 2160. The summed E-state index contributed by atoms with van der Waals surface area (Å²) in [5.74, 6) is 0.477. The molecule has 5 N–H and O–H groups in total. The number of fused-ring (bicyclic) bond motifs is 2. The number of nitrogens with zero attached hydrogens (tertiary/aromatic N) is 3. The Kier molecular flexibility index (Phi) is 8.24. The van der Waals surface area contributed by atoms with Crippen LogP contribution < -0.4 is 20.9 Å². The number of carbonyl (C=O) groups excluding carboxylic acids is 2. The fourth-order valence-electron chi connectivity index (χ4n) is 5.24. The maximum Gasteiger partial charge on any atom is 0.265 e. The molecule has 45 heavy (non-hydrogen) atoms. The molecule has 0 radical (unpaired) electrons. The van der Waals surface area contributed by atoms with E-state index in [0.29, 0.717) is 22.5 Å². The summed E-state index contributed by atoms with van der Waals surface area (Å²) in [6.45, 7) is 0. The maximum absolute atomic E-state index is 11.6. The van der Waals surface area contributed by atoms with Crippen molar-refractivity contribution in [3.05, 3.63) is 107 Å². The van der Waals surface area contributed by atoms with Gasteiger partial charge in [0.1, 0.15) is 22.9 Å². The molecule has 0 bridgehead atoms. The minimum absolute atomic E-state index is 0.319. The lowest BCUT2D eigenvalue weighted by molar-refractivity contribution is 0.0986. The number of benzene rings is 4. The Hall–Kier alpha value is -6.52. The molecule has 10 heteroatoms.